The fourth-order valence-electron chi connectivity index (χ4n) is 7.77. The Morgan fingerprint density at radius 1 is 1.02 bits per heavy atom. The highest BCUT2D eigenvalue weighted by Crippen LogP contribution is 2.51. The third-order valence-corrected chi connectivity index (χ3v) is 9.78. The molecular formula is C34H40N2O11. The monoisotopic (exact) mass is 652 g/mol. The SMILES string of the molecule is CCOC(=O)Oc1c(OC)cc(C(=O)OC2CC3CN4CCc5c([nH]c6cc(O)ccc56)C4CC3C(C(=O)OC)C2OC)cc1OC. The molecule has 1 aliphatic carbocycles. The molecule has 1 aromatic heterocycles. The number of rotatable bonds is 8. The number of nitrogens with one attached hydrogen (secondary N) is 1. The largest absolute Gasteiger partial charge is 0.514 e. The average molecular weight is 653 g/mol. The number of hydrogen-bond donors (Lipinski definition) is 2. The van der Waals surface area contributed by atoms with E-state index in [2.05, 4.69) is 9.88 Å². The van der Waals surface area contributed by atoms with Crippen LogP contribution in [0.2, 0.25) is 0 Å². The fourth-order valence-corrected chi connectivity index (χ4v) is 7.77. The molecule has 252 valence electrons. The number of ether oxygens (including phenoxy) is 7. The standard InChI is InChI=1S/C34H40N2O11/c1-6-45-34(40)47-30-25(41-2)11-17(12-26(30)42-3)32(38)46-27-13-18-16-36-10-9-21-20-8-7-19(37)14-23(20)35-29(21)24(36)15-22(18)28(31(27)43-4)33(39)44-5/h7-8,11-12,14,18,22,24,27-28,31,35,37H,6,9-10,13,15-16H2,1-5H3. The van der Waals surface area contributed by atoms with Crippen LogP contribution in [0.4, 0.5) is 4.79 Å². The zero-order chi connectivity index (χ0) is 33.4. The van der Waals surface area contributed by atoms with E-state index < -0.39 is 36.2 Å². The van der Waals surface area contributed by atoms with Crippen LogP contribution >= 0.6 is 0 Å². The maximum Gasteiger partial charge on any atom is 0.514 e. The van der Waals surface area contributed by atoms with E-state index in [-0.39, 0.29) is 53.0 Å². The van der Waals surface area contributed by atoms with E-state index in [1.54, 1.807) is 19.1 Å². The number of phenols is 1. The van der Waals surface area contributed by atoms with Gasteiger partial charge in [-0.15, -0.1) is 0 Å². The molecule has 2 aromatic carbocycles. The van der Waals surface area contributed by atoms with Crippen LogP contribution in [0.5, 0.6) is 23.0 Å². The summed E-state index contributed by atoms with van der Waals surface area (Å²) in [7, 11) is 5.60. The van der Waals surface area contributed by atoms with Crippen molar-refractivity contribution in [2.75, 3.05) is 48.1 Å². The second-order valence-corrected chi connectivity index (χ2v) is 12.1. The summed E-state index contributed by atoms with van der Waals surface area (Å²) in [5, 5.41) is 11.2. The predicted molar refractivity (Wildman–Crippen MR) is 167 cm³/mol. The smallest absolute Gasteiger partial charge is 0.508 e. The number of aromatic hydroxyl groups is 1. The highest BCUT2D eigenvalue weighted by Gasteiger charge is 2.54. The van der Waals surface area contributed by atoms with Crippen LogP contribution in [0.25, 0.3) is 10.9 Å². The first-order valence-corrected chi connectivity index (χ1v) is 15.7. The highest BCUT2D eigenvalue weighted by molar-refractivity contribution is 5.92. The van der Waals surface area contributed by atoms with Gasteiger partial charge in [-0.3, -0.25) is 9.69 Å². The predicted octanol–water partition coefficient (Wildman–Crippen LogP) is 4.39. The van der Waals surface area contributed by atoms with Gasteiger partial charge in [-0.1, -0.05) is 0 Å². The minimum atomic E-state index is -0.948. The van der Waals surface area contributed by atoms with Crippen molar-refractivity contribution in [1.29, 1.82) is 0 Å². The maximum atomic E-state index is 13.7. The molecule has 13 nitrogen and oxygen atoms in total. The van der Waals surface area contributed by atoms with Gasteiger partial charge in [-0.05, 0) is 67.9 Å². The highest BCUT2D eigenvalue weighted by atomic mass is 16.7. The van der Waals surface area contributed by atoms with Crippen molar-refractivity contribution in [2.24, 2.45) is 17.8 Å². The van der Waals surface area contributed by atoms with Gasteiger partial charge in [0.05, 0.1) is 45.5 Å². The van der Waals surface area contributed by atoms with Crippen LogP contribution < -0.4 is 14.2 Å². The minimum absolute atomic E-state index is 0.0268. The number of nitrogens with zero attached hydrogens (tertiary/aromatic N) is 1. The Bertz CT molecular complexity index is 1640. The molecule has 1 saturated heterocycles. The Kier molecular flexibility index (Phi) is 9.20. The molecule has 13 heteroatoms. The number of H-pyrrole nitrogens is 1. The Morgan fingerprint density at radius 2 is 1.77 bits per heavy atom. The number of carbonyl (C=O) groups excluding carboxylic acids is 3. The number of hydrogen-bond acceptors (Lipinski definition) is 12. The van der Waals surface area contributed by atoms with Crippen LogP contribution in [0.1, 0.15) is 47.4 Å². The van der Waals surface area contributed by atoms with Gasteiger partial charge in [0.15, 0.2) is 11.5 Å². The van der Waals surface area contributed by atoms with E-state index in [9.17, 15) is 19.5 Å². The van der Waals surface area contributed by atoms with Gasteiger partial charge in [0.2, 0.25) is 5.75 Å². The lowest BCUT2D eigenvalue weighted by Crippen LogP contribution is -2.58. The van der Waals surface area contributed by atoms with Crippen molar-refractivity contribution >= 4 is 29.0 Å². The Hall–Kier alpha value is -4.49. The number of fused-ring (bicyclic) bond motifs is 6. The van der Waals surface area contributed by atoms with Gasteiger partial charge in [0, 0.05) is 42.9 Å². The molecule has 3 aliphatic rings. The summed E-state index contributed by atoms with van der Waals surface area (Å²) >= 11 is 0. The van der Waals surface area contributed by atoms with Gasteiger partial charge in [0.1, 0.15) is 18.0 Å². The van der Waals surface area contributed by atoms with Crippen LogP contribution in [0.15, 0.2) is 30.3 Å². The second-order valence-electron chi connectivity index (χ2n) is 12.1. The van der Waals surface area contributed by atoms with Gasteiger partial charge in [-0.25, -0.2) is 9.59 Å². The first-order valence-electron chi connectivity index (χ1n) is 15.7. The van der Waals surface area contributed by atoms with Gasteiger partial charge in [-0.2, -0.15) is 0 Å². The number of benzene rings is 2. The van der Waals surface area contributed by atoms with Crippen LogP contribution in [0.3, 0.4) is 0 Å². The van der Waals surface area contributed by atoms with E-state index in [1.165, 1.54) is 46.1 Å². The van der Waals surface area contributed by atoms with Gasteiger partial charge < -0.3 is 43.2 Å². The molecule has 0 spiro atoms. The number of carbonyl (C=O) groups is 3. The number of aromatic nitrogens is 1. The van der Waals surface area contributed by atoms with Gasteiger partial charge in [0.25, 0.3) is 0 Å². The number of esters is 2. The second kappa shape index (κ2) is 13.3. The zero-order valence-electron chi connectivity index (χ0n) is 27.1. The van der Waals surface area contributed by atoms with Crippen molar-refractivity contribution in [3.8, 4) is 23.0 Å². The Balaban J connectivity index is 1.27. The summed E-state index contributed by atoms with van der Waals surface area (Å²) in [6.07, 6.45) is -0.427. The number of methoxy groups -OCH3 is 4. The molecule has 6 unspecified atom stereocenters. The van der Waals surface area contributed by atoms with E-state index in [1.807, 2.05) is 6.07 Å². The minimum Gasteiger partial charge on any atom is -0.508 e. The molecule has 1 saturated carbocycles. The number of aromatic amines is 1. The summed E-state index contributed by atoms with van der Waals surface area (Å²) in [6.45, 7) is 3.30. The van der Waals surface area contributed by atoms with Crippen LogP contribution in [0, 0.1) is 17.8 Å². The molecular weight excluding hydrogens is 612 g/mol. The third-order valence-electron chi connectivity index (χ3n) is 9.78. The summed E-state index contributed by atoms with van der Waals surface area (Å²) in [5.41, 5.74) is 3.34. The summed E-state index contributed by atoms with van der Waals surface area (Å²) in [5.74, 6) is -1.54. The normalized spacial score (nSPS) is 25.1. The van der Waals surface area contributed by atoms with Crippen molar-refractivity contribution in [3.63, 3.8) is 0 Å². The van der Waals surface area contributed by atoms with Crippen LogP contribution in [-0.2, 0) is 30.2 Å². The third kappa shape index (κ3) is 5.93. The van der Waals surface area contributed by atoms with Crippen LogP contribution in [-0.4, -0.2) is 93.4 Å². The van der Waals surface area contributed by atoms with Crippen molar-refractivity contribution < 1.29 is 52.6 Å². The van der Waals surface area contributed by atoms with E-state index in [4.69, 9.17) is 33.2 Å². The molecule has 6 rings (SSSR count). The molecule has 0 amide bonds. The average Bonchev–Trinajstić information content (AvgIpc) is 3.44. The fraction of sp³-hybridized carbons (Fsp3) is 0.500. The number of phenolic OH excluding ortho intramolecular Hbond substituents is 1. The molecule has 2 aliphatic heterocycles. The van der Waals surface area contributed by atoms with Crippen molar-refractivity contribution in [1.82, 2.24) is 9.88 Å². The lowest BCUT2D eigenvalue weighted by molar-refractivity contribution is -0.176. The quantitative estimate of drug-likeness (QED) is 0.201. The molecule has 3 aromatic rings. The lowest BCUT2D eigenvalue weighted by Gasteiger charge is -2.52. The first kappa shape index (κ1) is 32.5. The van der Waals surface area contributed by atoms with Crippen molar-refractivity contribution in [3.05, 3.63) is 47.2 Å². The molecule has 3 heterocycles. The summed E-state index contributed by atoms with van der Waals surface area (Å²) in [6, 6.07) is 8.23. The Labute approximate surface area is 271 Å². The summed E-state index contributed by atoms with van der Waals surface area (Å²) < 4.78 is 38.2. The Morgan fingerprint density at radius 3 is 2.43 bits per heavy atom. The molecule has 6 atom stereocenters. The molecule has 47 heavy (non-hydrogen) atoms. The first-order chi connectivity index (χ1) is 22.7. The lowest BCUT2D eigenvalue weighted by atomic mass is 9.63. The molecule has 2 N–H and O–H groups in total. The topological polar surface area (TPSA) is 155 Å². The molecule has 0 radical (unpaired) electrons. The van der Waals surface area contributed by atoms with E-state index in [0.29, 0.717) is 19.4 Å². The van der Waals surface area contributed by atoms with Gasteiger partial charge >= 0.3 is 18.1 Å². The maximum absolute atomic E-state index is 13.7. The molecule has 2 fully saturated rings. The molecule has 0 bridgehead atoms. The van der Waals surface area contributed by atoms with E-state index in [0.717, 1.165) is 29.6 Å². The zero-order valence-corrected chi connectivity index (χ0v) is 27.1. The summed E-state index contributed by atoms with van der Waals surface area (Å²) in [4.78, 5) is 45.1. The number of piperidine rings is 1. The van der Waals surface area contributed by atoms with Crippen molar-refractivity contribution in [2.45, 2.75) is 44.4 Å². The van der Waals surface area contributed by atoms with E-state index >= 15 is 0 Å².